The minimum Gasteiger partial charge on any atom is -0.468 e. The lowest BCUT2D eigenvalue weighted by Crippen LogP contribution is -2.47. The Hall–Kier alpha value is -3.52. The van der Waals surface area contributed by atoms with E-state index in [4.69, 9.17) is 9.40 Å². The number of fused-ring (bicyclic) bond motifs is 1. The molecule has 0 amide bonds. The second-order valence-corrected chi connectivity index (χ2v) is 10.1. The molecule has 5 heterocycles. The molecule has 0 atom stereocenters. The number of imidazole rings is 1. The summed E-state index contributed by atoms with van der Waals surface area (Å²) < 4.78 is 37.7. The summed E-state index contributed by atoms with van der Waals surface area (Å²) >= 11 is 0. The highest BCUT2D eigenvalue weighted by Gasteiger charge is 2.40. The minimum atomic E-state index is -1.38. The van der Waals surface area contributed by atoms with Gasteiger partial charge < -0.3 is 13.9 Å². The molecular formula is C29H31F2N5O. The number of nitrogens with zero attached hydrogens (tertiary/aromatic N) is 5. The zero-order valence-corrected chi connectivity index (χ0v) is 20.8. The van der Waals surface area contributed by atoms with Crippen LogP contribution in [0.5, 0.6) is 0 Å². The Morgan fingerprint density at radius 3 is 2.57 bits per heavy atom. The van der Waals surface area contributed by atoms with Gasteiger partial charge in [-0.1, -0.05) is 12.6 Å². The lowest BCUT2D eigenvalue weighted by molar-refractivity contribution is 0.0499. The monoisotopic (exact) mass is 503 g/mol. The van der Waals surface area contributed by atoms with Gasteiger partial charge >= 0.3 is 0 Å². The maximum Gasteiger partial charge on any atom is 0.160 e. The molecule has 37 heavy (non-hydrogen) atoms. The summed E-state index contributed by atoms with van der Waals surface area (Å²) in [4.78, 5) is 13.6. The van der Waals surface area contributed by atoms with E-state index in [2.05, 4.69) is 25.9 Å². The summed E-state index contributed by atoms with van der Waals surface area (Å²) in [6.07, 6.45) is 5.94. The Balaban J connectivity index is 1.15. The Morgan fingerprint density at radius 2 is 1.86 bits per heavy atom. The summed E-state index contributed by atoms with van der Waals surface area (Å²) in [5.41, 5.74) is 1.49. The van der Waals surface area contributed by atoms with Crippen molar-refractivity contribution in [1.82, 2.24) is 24.3 Å². The van der Waals surface area contributed by atoms with E-state index < -0.39 is 5.67 Å². The third kappa shape index (κ3) is 4.66. The number of piperidine rings is 2. The maximum absolute atomic E-state index is 16.1. The normalized spacial score (nSPS) is 18.9. The number of rotatable bonds is 6. The van der Waals surface area contributed by atoms with E-state index in [1.165, 1.54) is 12.1 Å². The van der Waals surface area contributed by atoms with Crippen molar-refractivity contribution in [1.29, 1.82) is 0 Å². The van der Waals surface area contributed by atoms with Crippen molar-refractivity contribution < 1.29 is 13.2 Å². The fourth-order valence-electron chi connectivity index (χ4n) is 5.77. The molecule has 2 aliphatic heterocycles. The van der Waals surface area contributed by atoms with Crippen LogP contribution in [0.4, 0.5) is 8.78 Å². The Bertz CT molecular complexity index is 1370. The highest BCUT2D eigenvalue weighted by molar-refractivity contribution is 5.80. The van der Waals surface area contributed by atoms with Gasteiger partial charge in [-0.15, -0.1) is 0 Å². The summed E-state index contributed by atoms with van der Waals surface area (Å²) in [5, 5.41) is 0. The lowest BCUT2D eigenvalue weighted by Gasteiger charge is -2.43. The molecule has 0 radical (unpaired) electrons. The summed E-state index contributed by atoms with van der Waals surface area (Å²) in [6.45, 7) is 7.73. The zero-order valence-electron chi connectivity index (χ0n) is 20.8. The van der Waals surface area contributed by atoms with Crippen LogP contribution in [0.2, 0.25) is 0 Å². The van der Waals surface area contributed by atoms with Gasteiger partial charge in [-0.3, -0.25) is 9.88 Å². The van der Waals surface area contributed by atoms with Crippen LogP contribution in [-0.2, 0) is 6.54 Å². The van der Waals surface area contributed by atoms with Crippen molar-refractivity contribution in [3.05, 3.63) is 84.8 Å². The highest BCUT2D eigenvalue weighted by atomic mass is 19.1. The van der Waals surface area contributed by atoms with Gasteiger partial charge in [-0.2, -0.15) is 0 Å². The van der Waals surface area contributed by atoms with Gasteiger partial charge in [0.15, 0.2) is 11.5 Å². The molecule has 2 saturated heterocycles. The molecule has 1 aromatic carbocycles. The number of benzene rings is 1. The number of halogens is 2. The van der Waals surface area contributed by atoms with E-state index in [0.29, 0.717) is 56.8 Å². The minimum absolute atomic E-state index is 0.155. The van der Waals surface area contributed by atoms with Crippen LogP contribution in [0, 0.1) is 5.82 Å². The lowest BCUT2D eigenvalue weighted by atomic mass is 9.88. The molecule has 0 spiro atoms. The number of aromatic nitrogens is 3. The number of alkyl halides is 1. The zero-order chi connectivity index (χ0) is 25.4. The van der Waals surface area contributed by atoms with Crippen LogP contribution in [0.25, 0.3) is 22.6 Å². The molecule has 0 unspecified atom stereocenters. The van der Waals surface area contributed by atoms with Gasteiger partial charge in [0.05, 0.1) is 23.8 Å². The molecule has 8 heteroatoms. The fourth-order valence-corrected chi connectivity index (χ4v) is 5.77. The van der Waals surface area contributed by atoms with E-state index in [0.717, 1.165) is 35.6 Å². The Morgan fingerprint density at radius 1 is 1.05 bits per heavy atom. The molecule has 3 aromatic heterocycles. The van der Waals surface area contributed by atoms with Crippen molar-refractivity contribution >= 4 is 11.0 Å². The second-order valence-electron chi connectivity index (χ2n) is 10.1. The quantitative estimate of drug-likeness (QED) is 0.324. The van der Waals surface area contributed by atoms with Gasteiger partial charge in [-0.05, 0) is 62.1 Å². The van der Waals surface area contributed by atoms with Gasteiger partial charge in [0.1, 0.15) is 17.3 Å². The van der Waals surface area contributed by atoms with Crippen molar-refractivity contribution in [3.63, 3.8) is 0 Å². The SMILES string of the molecule is C=C(N1CCC(n2c(-c3ccccn3)nc3cc(F)ccc32)CC1)C1(F)CCN(Cc2ccco2)CC1. The molecule has 192 valence electrons. The smallest absolute Gasteiger partial charge is 0.160 e. The van der Waals surface area contributed by atoms with Crippen LogP contribution >= 0.6 is 0 Å². The first kappa shape index (κ1) is 23.9. The predicted octanol–water partition coefficient (Wildman–Crippen LogP) is 5.99. The van der Waals surface area contributed by atoms with Crippen molar-refractivity contribution in [2.75, 3.05) is 26.2 Å². The van der Waals surface area contributed by atoms with Gasteiger partial charge in [0, 0.05) is 50.2 Å². The third-order valence-corrected chi connectivity index (χ3v) is 7.88. The van der Waals surface area contributed by atoms with E-state index in [1.807, 2.05) is 30.3 Å². The van der Waals surface area contributed by atoms with Crippen LogP contribution in [0.1, 0.15) is 37.5 Å². The van der Waals surface area contributed by atoms with Crippen LogP contribution in [0.15, 0.2) is 77.7 Å². The second kappa shape index (κ2) is 9.74. The van der Waals surface area contributed by atoms with E-state index in [-0.39, 0.29) is 11.9 Å². The molecule has 2 aliphatic rings. The van der Waals surface area contributed by atoms with Crippen LogP contribution in [0.3, 0.4) is 0 Å². The Labute approximate surface area is 215 Å². The highest BCUT2D eigenvalue weighted by Crippen LogP contribution is 2.39. The number of hydrogen-bond donors (Lipinski definition) is 0. The molecule has 0 saturated carbocycles. The molecule has 2 fully saturated rings. The van der Waals surface area contributed by atoms with E-state index in [1.54, 1.807) is 18.5 Å². The third-order valence-electron chi connectivity index (χ3n) is 7.88. The van der Waals surface area contributed by atoms with Crippen molar-refractivity contribution in [2.24, 2.45) is 0 Å². The average molecular weight is 504 g/mol. The predicted molar refractivity (Wildman–Crippen MR) is 139 cm³/mol. The topological polar surface area (TPSA) is 50.3 Å². The molecule has 0 aliphatic carbocycles. The molecule has 4 aromatic rings. The fraction of sp³-hybridized carbons (Fsp3) is 0.379. The standard InChI is InChI=1S/C29H31F2N5O/c1-21(29(31)11-16-34(17-12-29)20-24-5-4-18-37-24)35-14-9-23(10-15-35)36-27-8-7-22(30)19-26(27)33-28(36)25-6-2-3-13-32-25/h2-8,13,18-19,23H,1,9-12,14-17,20H2. The molecular weight excluding hydrogens is 472 g/mol. The van der Waals surface area contributed by atoms with Gasteiger partial charge in [0.2, 0.25) is 0 Å². The summed E-state index contributed by atoms with van der Waals surface area (Å²) in [7, 11) is 0. The van der Waals surface area contributed by atoms with Crippen LogP contribution < -0.4 is 0 Å². The van der Waals surface area contributed by atoms with Gasteiger partial charge in [0.25, 0.3) is 0 Å². The Kier molecular flexibility index (Phi) is 6.28. The van der Waals surface area contributed by atoms with E-state index in [9.17, 15) is 4.39 Å². The largest absolute Gasteiger partial charge is 0.468 e. The van der Waals surface area contributed by atoms with Crippen molar-refractivity contribution in [3.8, 4) is 11.5 Å². The summed E-state index contributed by atoms with van der Waals surface area (Å²) in [5.74, 6) is 1.34. The first-order valence-electron chi connectivity index (χ1n) is 13.0. The van der Waals surface area contributed by atoms with E-state index >= 15 is 4.39 Å². The first-order valence-corrected chi connectivity index (χ1v) is 13.0. The molecule has 6 rings (SSSR count). The number of allylic oxidation sites excluding steroid dienone is 1. The number of hydrogen-bond acceptors (Lipinski definition) is 5. The maximum atomic E-state index is 16.1. The number of furan rings is 1. The van der Waals surface area contributed by atoms with Crippen molar-refractivity contribution in [2.45, 2.75) is 43.9 Å². The first-order chi connectivity index (χ1) is 18.0. The number of likely N-dealkylation sites (tertiary alicyclic amines) is 2. The summed E-state index contributed by atoms with van der Waals surface area (Å²) in [6, 6.07) is 14.5. The molecule has 6 nitrogen and oxygen atoms in total. The van der Waals surface area contributed by atoms with Crippen LogP contribution in [-0.4, -0.2) is 56.2 Å². The van der Waals surface area contributed by atoms with Gasteiger partial charge in [-0.25, -0.2) is 13.8 Å². The molecule has 0 N–H and O–H groups in total. The number of pyridine rings is 1. The molecule has 0 bridgehead atoms. The average Bonchev–Trinajstić information content (AvgIpc) is 3.58.